The molecule has 2 aromatic heterocycles. The van der Waals surface area contributed by atoms with E-state index in [1.165, 1.54) is 19.2 Å². The van der Waals surface area contributed by atoms with E-state index >= 15 is 0 Å². The third-order valence-electron chi connectivity index (χ3n) is 2.88. The van der Waals surface area contributed by atoms with Gasteiger partial charge in [-0.3, -0.25) is 9.20 Å². The average Bonchev–Trinajstić information content (AvgIpc) is 2.90. The fourth-order valence-corrected chi connectivity index (χ4v) is 2.01. The Hall–Kier alpha value is -2.63. The summed E-state index contributed by atoms with van der Waals surface area (Å²) in [5, 5.41) is 6.43. The Labute approximate surface area is 107 Å². The molecule has 0 amide bonds. The van der Waals surface area contributed by atoms with Crippen molar-refractivity contribution < 1.29 is 9.13 Å². The number of nitrogens with one attached hydrogen (secondary N) is 1. The average molecular weight is 259 g/mol. The molecule has 0 aliphatic carbocycles. The second-order valence-electron chi connectivity index (χ2n) is 3.98. The Morgan fingerprint density at radius 2 is 2.21 bits per heavy atom. The Kier molecular flexibility index (Phi) is 2.56. The van der Waals surface area contributed by atoms with Crippen molar-refractivity contribution in [1.82, 2.24) is 14.6 Å². The van der Waals surface area contributed by atoms with Crippen molar-refractivity contribution in [3.63, 3.8) is 0 Å². The Morgan fingerprint density at radius 3 is 3.00 bits per heavy atom. The predicted octanol–water partition coefficient (Wildman–Crippen LogP) is 1.84. The van der Waals surface area contributed by atoms with Gasteiger partial charge in [-0.05, 0) is 24.3 Å². The van der Waals surface area contributed by atoms with Crippen molar-refractivity contribution in [2.24, 2.45) is 0 Å². The first-order chi connectivity index (χ1) is 9.20. The second-order valence-corrected chi connectivity index (χ2v) is 3.98. The van der Waals surface area contributed by atoms with Gasteiger partial charge in [-0.15, -0.1) is 0 Å². The van der Waals surface area contributed by atoms with Crippen LogP contribution in [0, 0.1) is 5.82 Å². The minimum absolute atomic E-state index is 0.283. The summed E-state index contributed by atoms with van der Waals surface area (Å²) in [6.07, 6.45) is 1.72. The molecule has 19 heavy (non-hydrogen) atoms. The smallest absolute Gasteiger partial charge is 0.288 e. The fourth-order valence-electron chi connectivity index (χ4n) is 2.01. The number of aromatic amines is 1. The third kappa shape index (κ3) is 1.77. The SMILES string of the molecule is COc1cc(F)ccc1-c1n[nH]c(=O)c2cccn12. The van der Waals surface area contributed by atoms with Crippen LogP contribution in [0.1, 0.15) is 0 Å². The first-order valence-electron chi connectivity index (χ1n) is 5.60. The van der Waals surface area contributed by atoms with Gasteiger partial charge in [-0.1, -0.05) is 0 Å². The van der Waals surface area contributed by atoms with Crippen LogP contribution in [0.25, 0.3) is 16.9 Å². The molecule has 0 saturated heterocycles. The molecule has 0 fully saturated rings. The molecule has 2 heterocycles. The van der Waals surface area contributed by atoms with Gasteiger partial charge in [-0.25, -0.2) is 9.49 Å². The van der Waals surface area contributed by atoms with Crippen LogP contribution in [0.5, 0.6) is 5.75 Å². The van der Waals surface area contributed by atoms with Crippen molar-refractivity contribution in [3.05, 3.63) is 52.7 Å². The van der Waals surface area contributed by atoms with Crippen LogP contribution in [0.15, 0.2) is 41.3 Å². The molecular weight excluding hydrogens is 249 g/mol. The number of ether oxygens (including phenoxy) is 1. The highest BCUT2D eigenvalue weighted by Gasteiger charge is 2.13. The molecule has 0 atom stereocenters. The van der Waals surface area contributed by atoms with Crippen molar-refractivity contribution in [2.75, 3.05) is 7.11 Å². The van der Waals surface area contributed by atoms with Gasteiger partial charge in [0.2, 0.25) is 0 Å². The zero-order valence-corrected chi connectivity index (χ0v) is 10.1. The van der Waals surface area contributed by atoms with E-state index in [4.69, 9.17) is 4.74 Å². The number of hydrogen-bond donors (Lipinski definition) is 1. The number of rotatable bonds is 2. The third-order valence-corrected chi connectivity index (χ3v) is 2.88. The van der Waals surface area contributed by atoms with E-state index in [-0.39, 0.29) is 5.56 Å². The Bertz CT molecular complexity index is 807. The first kappa shape index (κ1) is 11.5. The van der Waals surface area contributed by atoms with E-state index in [1.54, 1.807) is 28.8 Å². The van der Waals surface area contributed by atoms with Gasteiger partial charge in [0.05, 0.1) is 12.7 Å². The summed E-state index contributed by atoms with van der Waals surface area (Å²) >= 11 is 0. The number of methoxy groups -OCH3 is 1. The van der Waals surface area contributed by atoms with E-state index in [9.17, 15) is 9.18 Å². The number of fused-ring (bicyclic) bond motifs is 1. The topological polar surface area (TPSA) is 59.4 Å². The Balaban J connectivity index is 2.33. The molecule has 0 aliphatic rings. The molecule has 0 aliphatic heterocycles. The molecule has 6 heteroatoms. The summed E-state index contributed by atoms with van der Waals surface area (Å²) in [6, 6.07) is 7.58. The summed E-state index contributed by atoms with van der Waals surface area (Å²) in [5.74, 6) is 0.444. The second kappa shape index (κ2) is 4.24. The minimum atomic E-state index is -0.395. The normalized spacial score (nSPS) is 10.8. The van der Waals surface area contributed by atoms with Crippen molar-refractivity contribution in [1.29, 1.82) is 0 Å². The lowest BCUT2D eigenvalue weighted by Gasteiger charge is -2.09. The predicted molar refractivity (Wildman–Crippen MR) is 67.8 cm³/mol. The number of nitrogens with zero attached hydrogens (tertiary/aromatic N) is 2. The number of benzene rings is 1. The molecule has 96 valence electrons. The molecule has 0 bridgehead atoms. The van der Waals surface area contributed by atoms with Crippen molar-refractivity contribution in [3.8, 4) is 17.1 Å². The molecule has 0 radical (unpaired) electrons. The summed E-state index contributed by atoms with van der Waals surface area (Å²) < 4.78 is 20.0. The molecule has 3 rings (SSSR count). The molecule has 0 saturated carbocycles. The van der Waals surface area contributed by atoms with E-state index < -0.39 is 5.82 Å². The quantitative estimate of drug-likeness (QED) is 0.764. The van der Waals surface area contributed by atoms with E-state index in [0.29, 0.717) is 22.7 Å². The largest absolute Gasteiger partial charge is 0.496 e. The first-order valence-corrected chi connectivity index (χ1v) is 5.60. The van der Waals surface area contributed by atoms with Gasteiger partial charge < -0.3 is 4.74 Å². The van der Waals surface area contributed by atoms with Gasteiger partial charge in [-0.2, -0.15) is 5.10 Å². The van der Waals surface area contributed by atoms with E-state index in [0.717, 1.165) is 0 Å². The molecular formula is C13H10FN3O2. The monoisotopic (exact) mass is 259 g/mol. The fraction of sp³-hybridized carbons (Fsp3) is 0.0769. The summed E-state index contributed by atoms with van der Waals surface area (Å²) in [4.78, 5) is 11.6. The zero-order valence-electron chi connectivity index (χ0n) is 10.1. The summed E-state index contributed by atoms with van der Waals surface area (Å²) in [7, 11) is 1.46. The summed E-state index contributed by atoms with van der Waals surface area (Å²) in [6.45, 7) is 0. The van der Waals surface area contributed by atoms with E-state index in [2.05, 4.69) is 10.2 Å². The highest BCUT2D eigenvalue weighted by Crippen LogP contribution is 2.28. The van der Waals surface area contributed by atoms with Crippen LogP contribution in [0.3, 0.4) is 0 Å². The van der Waals surface area contributed by atoms with Gasteiger partial charge >= 0.3 is 0 Å². The van der Waals surface area contributed by atoms with Crippen molar-refractivity contribution >= 4 is 5.52 Å². The van der Waals surface area contributed by atoms with Gasteiger partial charge in [0.15, 0.2) is 5.82 Å². The van der Waals surface area contributed by atoms with Gasteiger partial charge in [0.25, 0.3) is 5.56 Å². The molecule has 1 N–H and O–H groups in total. The van der Waals surface area contributed by atoms with Crippen LogP contribution >= 0.6 is 0 Å². The van der Waals surface area contributed by atoms with Gasteiger partial charge in [0, 0.05) is 12.3 Å². The van der Waals surface area contributed by atoms with Crippen LogP contribution in [-0.2, 0) is 0 Å². The van der Waals surface area contributed by atoms with Crippen LogP contribution in [0.2, 0.25) is 0 Å². The van der Waals surface area contributed by atoms with Crippen LogP contribution < -0.4 is 10.3 Å². The maximum absolute atomic E-state index is 13.2. The number of hydrogen-bond acceptors (Lipinski definition) is 3. The zero-order chi connectivity index (χ0) is 13.4. The van der Waals surface area contributed by atoms with Crippen LogP contribution in [-0.4, -0.2) is 21.7 Å². The lowest BCUT2D eigenvalue weighted by Crippen LogP contribution is -2.13. The molecule has 0 spiro atoms. The highest BCUT2D eigenvalue weighted by molar-refractivity contribution is 5.67. The minimum Gasteiger partial charge on any atom is -0.496 e. The molecule has 0 unspecified atom stereocenters. The van der Waals surface area contributed by atoms with Gasteiger partial charge in [0.1, 0.15) is 17.1 Å². The standard InChI is InChI=1S/C13H10FN3O2/c1-19-11-7-8(14)4-5-9(11)12-15-16-13(18)10-3-2-6-17(10)12/h2-7H,1H3,(H,16,18). The molecule has 3 aromatic rings. The number of H-pyrrole nitrogens is 1. The van der Waals surface area contributed by atoms with Crippen LogP contribution in [0.4, 0.5) is 4.39 Å². The number of halogens is 1. The lowest BCUT2D eigenvalue weighted by atomic mass is 10.2. The maximum atomic E-state index is 13.2. The lowest BCUT2D eigenvalue weighted by molar-refractivity contribution is 0.412. The van der Waals surface area contributed by atoms with E-state index in [1.807, 2.05) is 0 Å². The molecule has 5 nitrogen and oxygen atoms in total. The summed E-state index contributed by atoms with van der Waals surface area (Å²) in [5.41, 5.74) is 0.785. The Morgan fingerprint density at radius 1 is 1.37 bits per heavy atom. The maximum Gasteiger partial charge on any atom is 0.288 e. The number of aromatic nitrogens is 3. The highest BCUT2D eigenvalue weighted by atomic mass is 19.1. The van der Waals surface area contributed by atoms with Crippen molar-refractivity contribution in [2.45, 2.75) is 0 Å². The molecule has 1 aromatic carbocycles.